The molecule has 0 fully saturated rings. The topological polar surface area (TPSA) is 104 Å². The Morgan fingerprint density at radius 3 is 2.19 bits per heavy atom. The van der Waals surface area contributed by atoms with Crippen molar-refractivity contribution >= 4 is 33.2 Å². The highest BCUT2D eigenvalue weighted by Gasteiger charge is 2.17. The molecule has 0 spiro atoms. The number of aryl methyl sites for hydroxylation is 1. The lowest BCUT2D eigenvalue weighted by atomic mass is 10.1. The van der Waals surface area contributed by atoms with Crippen molar-refractivity contribution in [2.75, 3.05) is 16.3 Å². The van der Waals surface area contributed by atoms with Gasteiger partial charge in [0.2, 0.25) is 10.0 Å². The maximum atomic E-state index is 12.9. The minimum atomic E-state index is -3.49. The normalized spacial score (nSPS) is 12.0. The molecule has 2 amide bonds. The zero-order chi connectivity index (χ0) is 23.3. The smallest absolute Gasteiger partial charge is 0.255 e. The number of hydrogen-bond acceptors (Lipinski definition) is 4. The number of amides is 2. The van der Waals surface area contributed by atoms with E-state index in [4.69, 9.17) is 0 Å². The van der Waals surface area contributed by atoms with Gasteiger partial charge in [-0.15, -0.1) is 0 Å². The fourth-order valence-corrected chi connectivity index (χ4v) is 3.78. The number of benzene rings is 3. The van der Waals surface area contributed by atoms with Gasteiger partial charge in [-0.25, -0.2) is 8.42 Å². The first-order chi connectivity index (χ1) is 15.1. The van der Waals surface area contributed by atoms with Gasteiger partial charge in [-0.2, -0.15) is 0 Å². The van der Waals surface area contributed by atoms with Crippen LogP contribution >= 0.6 is 0 Å². The summed E-state index contributed by atoms with van der Waals surface area (Å²) >= 11 is 0. The third kappa shape index (κ3) is 5.95. The van der Waals surface area contributed by atoms with Crippen LogP contribution in [-0.4, -0.2) is 26.5 Å². The lowest BCUT2D eigenvalue weighted by Gasteiger charge is -2.16. The number of rotatable bonds is 7. The third-order valence-electron chi connectivity index (χ3n) is 4.86. The van der Waals surface area contributed by atoms with E-state index in [9.17, 15) is 18.0 Å². The van der Waals surface area contributed by atoms with Gasteiger partial charge in [0.05, 0.1) is 29.2 Å². The fraction of sp³-hybridized carbons (Fsp3) is 0.167. The first-order valence-corrected chi connectivity index (χ1v) is 11.9. The van der Waals surface area contributed by atoms with Crippen LogP contribution in [0, 0.1) is 6.92 Å². The number of carbonyl (C=O) groups is 2. The average molecular weight is 452 g/mol. The molecule has 3 N–H and O–H groups in total. The largest absolute Gasteiger partial charge is 0.345 e. The van der Waals surface area contributed by atoms with E-state index in [0.29, 0.717) is 22.5 Å². The van der Waals surface area contributed by atoms with Crippen molar-refractivity contribution in [3.05, 3.63) is 95.1 Å². The van der Waals surface area contributed by atoms with Crippen LogP contribution < -0.4 is 15.4 Å². The molecule has 0 heterocycles. The molecule has 8 heteroatoms. The molecule has 0 aliphatic heterocycles. The molecule has 1 atom stereocenters. The van der Waals surface area contributed by atoms with Crippen molar-refractivity contribution in [1.82, 2.24) is 5.32 Å². The molecule has 0 radical (unpaired) electrons. The van der Waals surface area contributed by atoms with Gasteiger partial charge < -0.3 is 10.6 Å². The zero-order valence-corrected chi connectivity index (χ0v) is 18.9. The summed E-state index contributed by atoms with van der Waals surface area (Å²) < 4.78 is 25.6. The fourth-order valence-electron chi connectivity index (χ4n) is 3.16. The Morgan fingerprint density at radius 1 is 0.844 bits per heavy atom. The average Bonchev–Trinajstić information content (AvgIpc) is 2.75. The Bertz CT molecular complexity index is 1240. The SMILES string of the molecule is Cc1ccc(C(=O)Nc2ccccc2C(=O)N[C@H](C)c2ccccc2)cc1NS(C)(=O)=O. The first kappa shape index (κ1) is 23.0. The van der Waals surface area contributed by atoms with Gasteiger partial charge in [0.25, 0.3) is 11.8 Å². The maximum Gasteiger partial charge on any atom is 0.255 e. The van der Waals surface area contributed by atoms with Gasteiger partial charge in [0.15, 0.2) is 0 Å². The molecule has 0 aliphatic rings. The van der Waals surface area contributed by atoms with Crippen LogP contribution in [0.25, 0.3) is 0 Å². The quantitative estimate of drug-likeness (QED) is 0.503. The van der Waals surface area contributed by atoms with E-state index >= 15 is 0 Å². The molecule has 7 nitrogen and oxygen atoms in total. The van der Waals surface area contributed by atoms with Crippen molar-refractivity contribution in [3.8, 4) is 0 Å². The molecule has 3 aromatic carbocycles. The number of carbonyl (C=O) groups excluding carboxylic acids is 2. The summed E-state index contributed by atoms with van der Waals surface area (Å²) in [7, 11) is -3.49. The molecule has 0 unspecified atom stereocenters. The van der Waals surface area contributed by atoms with Crippen molar-refractivity contribution < 1.29 is 18.0 Å². The van der Waals surface area contributed by atoms with Crippen LogP contribution in [0.5, 0.6) is 0 Å². The summed E-state index contributed by atoms with van der Waals surface area (Å²) in [6, 6.07) is 20.8. The predicted molar refractivity (Wildman–Crippen MR) is 126 cm³/mol. The van der Waals surface area contributed by atoms with E-state index in [-0.39, 0.29) is 17.5 Å². The molecule has 0 saturated carbocycles. The van der Waals surface area contributed by atoms with Crippen LogP contribution in [0.3, 0.4) is 0 Å². The maximum absolute atomic E-state index is 12.9. The van der Waals surface area contributed by atoms with E-state index in [0.717, 1.165) is 11.8 Å². The summed E-state index contributed by atoms with van der Waals surface area (Å²) in [6.07, 6.45) is 1.05. The minimum absolute atomic E-state index is 0.214. The predicted octanol–water partition coefficient (Wildman–Crippen LogP) is 4.11. The highest BCUT2D eigenvalue weighted by molar-refractivity contribution is 7.92. The summed E-state index contributed by atoms with van der Waals surface area (Å²) in [5, 5.41) is 5.69. The van der Waals surface area contributed by atoms with Crippen LogP contribution in [0.4, 0.5) is 11.4 Å². The molecule has 3 aromatic rings. The van der Waals surface area contributed by atoms with E-state index in [2.05, 4.69) is 15.4 Å². The molecule has 0 saturated heterocycles. The Balaban J connectivity index is 1.80. The van der Waals surface area contributed by atoms with Gasteiger partial charge in [-0.3, -0.25) is 14.3 Å². The lowest BCUT2D eigenvalue weighted by molar-refractivity contribution is 0.0940. The van der Waals surface area contributed by atoms with Crippen LogP contribution in [-0.2, 0) is 10.0 Å². The van der Waals surface area contributed by atoms with Crippen LogP contribution in [0.15, 0.2) is 72.8 Å². The number of hydrogen-bond donors (Lipinski definition) is 3. The second-order valence-electron chi connectivity index (χ2n) is 7.51. The molecule has 32 heavy (non-hydrogen) atoms. The van der Waals surface area contributed by atoms with E-state index in [1.807, 2.05) is 37.3 Å². The Hall–Kier alpha value is -3.65. The van der Waals surface area contributed by atoms with Gasteiger partial charge in [0, 0.05) is 5.56 Å². The van der Waals surface area contributed by atoms with Crippen molar-refractivity contribution in [1.29, 1.82) is 0 Å². The van der Waals surface area contributed by atoms with Crippen molar-refractivity contribution in [3.63, 3.8) is 0 Å². The van der Waals surface area contributed by atoms with Crippen molar-refractivity contribution in [2.24, 2.45) is 0 Å². The summed E-state index contributed by atoms with van der Waals surface area (Å²) in [6.45, 7) is 3.62. The first-order valence-electron chi connectivity index (χ1n) is 9.98. The highest BCUT2D eigenvalue weighted by Crippen LogP contribution is 2.21. The van der Waals surface area contributed by atoms with Gasteiger partial charge >= 0.3 is 0 Å². The Morgan fingerprint density at radius 2 is 1.50 bits per heavy atom. The molecular formula is C24H25N3O4S. The number of para-hydroxylation sites is 1. The van der Waals surface area contributed by atoms with Crippen LogP contribution in [0.2, 0.25) is 0 Å². The number of sulfonamides is 1. The molecule has 0 aromatic heterocycles. The summed E-state index contributed by atoms with van der Waals surface area (Å²) in [4.78, 5) is 25.7. The lowest BCUT2D eigenvalue weighted by Crippen LogP contribution is -2.28. The third-order valence-corrected chi connectivity index (χ3v) is 5.45. The molecule has 166 valence electrons. The van der Waals surface area contributed by atoms with Crippen LogP contribution in [0.1, 0.15) is 44.8 Å². The number of nitrogens with one attached hydrogen (secondary N) is 3. The van der Waals surface area contributed by atoms with Gasteiger partial charge in [-0.05, 0) is 49.2 Å². The zero-order valence-electron chi connectivity index (χ0n) is 18.0. The molecule has 0 aliphatic carbocycles. The second-order valence-corrected chi connectivity index (χ2v) is 9.26. The second kappa shape index (κ2) is 9.65. The molecule has 3 rings (SSSR count). The highest BCUT2D eigenvalue weighted by atomic mass is 32.2. The summed E-state index contributed by atoms with van der Waals surface area (Å²) in [5.74, 6) is -0.779. The standard InChI is InChI=1S/C24H25N3O4S/c1-16-13-14-19(15-22(16)27-32(3,30)31)23(28)26-21-12-8-7-11-20(21)24(29)25-17(2)18-9-5-4-6-10-18/h4-15,17,27H,1-3H3,(H,25,29)(H,26,28)/t17-/m1/s1. The van der Waals surface area contributed by atoms with Crippen molar-refractivity contribution in [2.45, 2.75) is 19.9 Å². The van der Waals surface area contributed by atoms with Gasteiger partial charge in [-0.1, -0.05) is 48.5 Å². The van der Waals surface area contributed by atoms with E-state index < -0.39 is 15.9 Å². The minimum Gasteiger partial charge on any atom is -0.345 e. The molecular weight excluding hydrogens is 426 g/mol. The van der Waals surface area contributed by atoms with E-state index in [1.165, 1.54) is 6.07 Å². The Labute approximate surface area is 187 Å². The monoisotopic (exact) mass is 451 g/mol. The Kier molecular flexibility index (Phi) is 6.95. The van der Waals surface area contributed by atoms with E-state index in [1.54, 1.807) is 43.3 Å². The summed E-state index contributed by atoms with van der Waals surface area (Å²) in [5.41, 5.74) is 2.91. The molecule has 0 bridgehead atoms. The van der Waals surface area contributed by atoms with Gasteiger partial charge in [0.1, 0.15) is 0 Å². The number of anilines is 2.